The van der Waals surface area contributed by atoms with Crippen molar-refractivity contribution in [1.82, 2.24) is 20.1 Å². The highest BCUT2D eigenvalue weighted by atomic mass is 32.2. The first-order valence-corrected chi connectivity index (χ1v) is 14.3. The van der Waals surface area contributed by atoms with Gasteiger partial charge in [-0.15, -0.1) is 28.1 Å². The van der Waals surface area contributed by atoms with Crippen molar-refractivity contribution in [3.63, 3.8) is 0 Å². The minimum atomic E-state index is -3.01. The second-order valence-corrected chi connectivity index (χ2v) is 12.5. The number of aromatic nitrogens is 3. The molecular formula is C21H28N4O3S3. The van der Waals surface area contributed by atoms with E-state index < -0.39 is 9.84 Å². The maximum absolute atomic E-state index is 12.3. The zero-order valence-corrected chi connectivity index (χ0v) is 20.1. The van der Waals surface area contributed by atoms with Gasteiger partial charge in [-0.25, -0.2) is 8.42 Å². The largest absolute Gasteiger partial charge is 0.352 e. The highest BCUT2D eigenvalue weighted by molar-refractivity contribution is 7.99. The van der Waals surface area contributed by atoms with Crippen LogP contribution in [0.2, 0.25) is 0 Å². The van der Waals surface area contributed by atoms with E-state index in [0.29, 0.717) is 18.1 Å². The van der Waals surface area contributed by atoms with Crippen LogP contribution in [0, 0.1) is 5.92 Å². The molecule has 2 atom stereocenters. The van der Waals surface area contributed by atoms with Crippen LogP contribution in [0.25, 0.3) is 10.7 Å². The van der Waals surface area contributed by atoms with Crippen LogP contribution < -0.4 is 5.32 Å². The lowest BCUT2D eigenvalue weighted by Gasteiger charge is -2.19. The fourth-order valence-electron chi connectivity index (χ4n) is 4.24. The van der Waals surface area contributed by atoms with Crippen LogP contribution in [-0.4, -0.2) is 52.4 Å². The quantitative estimate of drug-likeness (QED) is 0.461. The summed E-state index contributed by atoms with van der Waals surface area (Å²) in [5, 5.41) is 12.3. The number of carbonyl (C=O) groups excluding carboxylic acids is 1. The van der Waals surface area contributed by atoms with Gasteiger partial charge < -0.3 is 5.32 Å². The predicted molar refractivity (Wildman–Crippen MR) is 125 cm³/mol. The summed E-state index contributed by atoms with van der Waals surface area (Å²) in [5.74, 6) is 1.75. The average Bonchev–Trinajstić information content (AvgIpc) is 3.42. The number of aryl methyl sites for hydroxylation is 1. The number of hydrogen-bond donors (Lipinski definition) is 1. The zero-order chi connectivity index (χ0) is 22.0. The van der Waals surface area contributed by atoms with Crippen molar-refractivity contribution >= 4 is 38.8 Å². The van der Waals surface area contributed by atoms with Crippen LogP contribution in [0.3, 0.4) is 0 Å². The van der Waals surface area contributed by atoms with E-state index >= 15 is 0 Å². The number of nitrogens with one attached hydrogen (secondary N) is 1. The number of thioether (sulfide) groups is 1. The van der Waals surface area contributed by atoms with Crippen molar-refractivity contribution in [2.75, 3.05) is 17.3 Å². The summed E-state index contributed by atoms with van der Waals surface area (Å²) in [6.07, 6.45) is 7.02. The maximum atomic E-state index is 12.3. The van der Waals surface area contributed by atoms with Crippen LogP contribution in [0.5, 0.6) is 0 Å². The molecule has 2 aromatic rings. The molecule has 0 radical (unpaired) electrons. The lowest BCUT2D eigenvalue weighted by molar-refractivity contribution is -0.119. The second kappa shape index (κ2) is 9.46. The minimum absolute atomic E-state index is 0.0299. The van der Waals surface area contributed by atoms with Crippen LogP contribution in [0.15, 0.2) is 23.9 Å². The lowest BCUT2D eigenvalue weighted by Crippen LogP contribution is -2.36. The Labute approximate surface area is 191 Å². The van der Waals surface area contributed by atoms with Crippen LogP contribution in [0.4, 0.5) is 0 Å². The average molecular weight is 481 g/mol. The Morgan fingerprint density at radius 3 is 2.97 bits per heavy atom. The molecule has 10 heteroatoms. The molecule has 0 bridgehead atoms. The molecule has 168 valence electrons. The molecule has 1 aliphatic carbocycles. The summed E-state index contributed by atoms with van der Waals surface area (Å²) in [4.78, 5) is 14.9. The Morgan fingerprint density at radius 1 is 1.42 bits per heavy atom. The van der Waals surface area contributed by atoms with Gasteiger partial charge in [0.1, 0.15) is 0 Å². The summed E-state index contributed by atoms with van der Waals surface area (Å²) >= 11 is 3.11. The highest BCUT2D eigenvalue weighted by Crippen LogP contribution is 2.38. The van der Waals surface area contributed by atoms with E-state index in [2.05, 4.69) is 35.1 Å². The summed E-state index contributed by atoms with van der Waals surface area (Å²) in [6.45, 7) is 6.68. The molecule has 1 amide bonds. The van der Waals surface area contributed by atoms with Gasteiger partial charge in [0.05, 0.1) is 22.1 Å². The Hall–Kier alpha value is -1.65. The number of rotatable bonds is 8. The number of thiophene rings is 1. The van der Waals surface area contributed by atoms with E-state index in [0.717, 1.165) is 29.5 Å². The molecule has 1 aliphatic heterocycles. The molecule has 7 nitrogen and oxygen atoms in total. The zero-order valence-electron chi connectivity index (χ0n) is 17.7. The highest BCUT2D eigenvalue weighted by Gasteiger charge is 2.29. The Bertz CT molecular complexity index is 1070. The molecule has 2 aliphatic rings. The van der Waals surface area contributed by atoms with Crippen LogP contribution >= 0.6 is 23.1 Å². The number of allylic oxidation sites excluding steroid dienone is 1. The van der Waals surface area contributed by atoms with E-state index in [4.69, 9.17) is 0 Å². The fraction of sp³-hybridized carbons (Fsp3) is 0.571. The van der Waals surface area contributed by atoms with Gasteiger partial charge in [0, 0.05) is 17.5 Å². The predicted octanol–water partition coefficient (Wildman–Crippen LogP) is 3.10. The first-order chi connectivity index (χ1) is 14.9. The summed E-state index contributed by atoms with van der Waals surface area (Å²) < 4.78 is 25.2. The topological polar surface area (TPSA) is 94.0 Å². The summed E-state index contributed by atoms with van der Waals surface area (Å²) in [7, 11) is -3.01. The third kappa shape index (κ3) is 5.23. The van der Waals surface area contributed by atoms with Gasteiger partial charge in [-0.2, -0.15) is 0 Å². The van der Waals surface area contributed by atoms with Crippen LogP contribution in [-0.2, 0) is 34.0 Å². The molecule has 3 heterocycles. The Morgan fingerprint density at radius 2 is 2.26 bits per heavy atom. The Kier molecular flexibility index (Phi) is 6.88. The standard InChI is InChI=1S/C21H28N4O3S3/c1-3-8-25-20(18-11-15-10-14(4-2)5-6-17(15)30-18)23-24-21(25)29-12-19(26)22-16-7-9-31(27,28)13-16/h3,11,14,16H,1,4-10,12-13H2,2H3,(H,22,26)/t14-,16+/m1/s1. The molecule has 1 saturated heterocycles. The van der Waals surface area contributed by atoms with Gasteiger partial charge in [0.25, 0.3) is 0 Å². The van der Waals surface area contributed by atoms with Crippen molar-refractivity contribution < 1.29 is 13.2 Å². The third-order valence-corrected chi connectivity index (χ3v) is 9.91. The summed E-state index contributed by atoms with van der Waals surface area (Å²) in [6, 6.07) is 1.97. The summed E-state index contributed by atoms with van der Waals surface area (Å²) in [5.41, 5.74) is 1.44. The monoisotopic (exact) mass is 480 g/mol. The van der Waals surface area contributed by atoms with Crippen molar-refractivity contribution in [1.29, 1.82) is 0 Å². The van der Waals surface area contributed by atoms with Crippen LogP contribution in [0.1, 0.15) is 36.6 Å². The fourth-order valence-corrected chi connectivity index (χ4v) is 7.87. The van der Waals surface area contributed by atoms with Gasteiger partial charge in [0.15, 0.2) is 20.8 Å². The van der Waals surface area contributed by atoms with Gasteiger partial charge in [-0.3, -0.25) is 9.36 Å². The number of amides is 1. The van der Waals surface area contributed by atoms with Gasteiger partial charge in [-0.05, 0) is 43.2 Å². The lowest BCUT2D eigenvalue weighted by atomic mass is 9.87. The molecule has 0 aromatic carbocycles. The van der Waals surface area contributed by atoms with Gasteiger partial charge in [-0.1, -0.05) is 31.2 Å². The van der Waals surface area contributed by atoms with Crippen molar-refractivity contribution in [2.45, 2.75) is 56.8 Å². The Balaban J connectivity index is 1.45. The van der Waals surface area contributed by atoms with Gasteiger partial charge >= 0.3 is 0 Å². The van der Waals surface area contributed by atoms with E-state index in [1.54, 1.807) is 17.4 Å². The van der Waals surface area contributed by atoms with Crippen molar-refractivity contribution in [2.24, 2.45) is 5.92 Å². The molecule has 0 unspecified atom stereocenters. The first-order valence-electron chi connectivity index (χ1n) is 10.7. The van der Waals surface area contributed by atoms with E-state index in [1.165, 1.54) is 35.0 Å². The second-order valence-electron chi connectivity index (χ2n) is 8.24. The smallest absolute Gasteiger partial charge is 0.230 e. The molecule has 4 rings (SSSR count). The molecule has 0 spiro atoms. The van der Waals surface area contributed by atoms with E-state index in [-0.39, 0.29) is 29.2 Å². The molecular weight excluding hydrogens is 452 g/mol. The van der Waals surface area contributed by atoms with Gasteiger partial charge in [0.2, 0.25) is 5.91 Å². The minimum Gasteiger partial charge on any atom is -0.352 e. The number of fused-ring (bicyclic) bond motifs is 1. The number of carbonyl (C=O) groups is 1. The SMILES string of the molecule is C=CCn1c(SCC(=O)N[C@H]2CCS(=O)(=O)C2)nnc1-c1cc2c(s1)CC[C@@H](CC)C2. The molecule has 2 aromatic heterocycles. The molecule has 0 saturated carbocycles. The molecule has 1 fully saturated rings. The number of nitrogens with zero attached hydrogens (tertiary/aromatic N) is 3. The van der Waals surface area contributed by atoms with E-state index in [9.17, 15) is 13.2 Å². The first kappa shape index (κ1) is 22.5. The third-order valence-electron chi connectivity index (χ3n) is 5.94. The van der Waals surface area contributed by atoms with E-state index in [1.807, 2.05) is 4.57 Å². The maximum Gasteiger partial charge on any atom is 0.230 e. The molecule has 31 heavy (non-hydrogen) atoms. The number of hydrogen-bond acceptors (Lipinski definition) is 7. The number of sulfone groups is 1. The van der Waals surface area contributed by atoms with Crippen molar-refractivity contribution in [3.8, 4) is 10.7 Å². The molecule has 1 N–H and O–H groups in total. The van der Waals surface area contributed by atoms with Crippen molar-refractivity contribution in [3.05, 3.63) is 29.2 Å². The normalized spacial score (nSPS) is 22.2.